The number of alkyl halides is 6. The van der Waals surface area contributed by atoms with Crippen LogP contribution < -0.4 is 10.6 Å². The molecule has 0 aliphatic heterocycles. The third-order valence-corrected chi connectivity index (χ3v) is 3.02. The van der Waals surface area contributed by atoms with Gasteiger partial charge in [0.15, 0.2) is 0 Å². The molecule has 0 radical (unpaired) electrons. The van der Waals surface area contributed by atoms with Crippen LogP contribution in [-0.2, 0) is 5.92 Å². The molecule has 1 aromatic carbocycles. The standard InChI is InChI=1S/C12H11ClF6N2O2/c1-2-20-9(22)21-8-4-3-6(5-7(8)13)10(14,15)11(16,23)12(17,18)19/h3-5,23H,2H2,1H3,(H2,20,21,22). The van der Waals surface area contributed by atoms with E-state index in [-0.39, 0.29) is 12.2 Å². The predicted molar refractivity (Wildman–Crippen MR) is 70.2 cm³/mol. The summed E-state index contributed by atoms with van der Waals surface area (Å²) in [5.41, 5.74) is -1.70. The van der Waals surface area contributed by atoms with E-state index in [1.54, 1.807) is 6.92 Å². The van der Waals surface area contributed by atoms with Gasteiger partial charge in [-0.1, -0.05) is 17.7 Å². The quantitative estimate of drug-likeness (QED) is 0.712. The van der Waals surface area contributed by atoms with Crippen molar-refractivity contribution in [1.82, 2.24) is 5.32 Å². The first-order chi connectivity index (χ1) is 10.3. The Kier molecular flexibility index (Phi) is 5.42. The second-order valence-electron chi connectivity index (χ2n) is 4.37. The Labute approximate surface area is 131 Å². The van der Waals surface area contributed by atoms with Gasteiger partial charge in [-0.25, -0.2) is 4.79 Å². The fourth-order valence-electron chi connectivity index (χ4n) is 1.51. The smallest absolute Gasteiger partial charge is 0.350 e. The van der Waals surface area contributed by atoms with Gasteiger partial charge >= 0.3 is 24.0 Å². The average Bonchev–Trinajstić information content (AvgIpc) is 2.39. The molecule has 0 heterocycles. The maximum Gasteiger partial charge on any atom is 0.455 e. The van der Waals surface area contributed by atoms with Gasteiger partial charge in [-0.2, -0.15) is 26.3 Å². The number of benzene rings is 1. The zero-order valence-corrected chi connectivity index (χ0v) is 12.2. The van der Waals surface area contributed by atoms with Gasteiger partial charge in [0, 0.05) is 12.1 Å². The van der Waals surface area contributed by atoms with Crippen LogP contribution in [0.1, 0.15) is 12.5 Å². The lowest BCUT2D eigenvalue weighted by Gasteiger charge is -2.30. The molecule has 1 rings (SSSR count). The van der Waals surface area contributed by atoms with E-state index in [1.165, 1.54) is 0 Å². The maximum absolute atomic E-state index is 13.6. The minimum Gasteiger partial charge on any atom is -0.350 e. The molecule has 1 unspecified atom stereocenters. The van der Waals surface area contributed by atoms with Crippen molar-refractivity contribution in [1.29, 1.82) is 0 Å². The normalized spacial score (nSPS) is 15.0. The Morgan fingerprint density at radius 1 is 1.22 bits per heavy atom. The van der Waals surface area contributed by atoms with Crippen LogP contribution in [-0.4, -0.2) is 29.7 Å². The van der Waals surface area contributed by atoms with Crippen molar-refractivity contribution in [2.75, 3.05) is 11.9 Å². The molecule has 130 valence electrons. The highest BCUT2D eigenvalue weighted by molar-refractivity contribution is 6.33. The molecular weight excluding hydrogens is 354 g/mol. The summed E-state index contributed by atoms with van der Waals surface area (Å²) in [6, 6.07) is 0.752. The number of amides is 2. The first-order valence-corrected chi connectivity index (χ1v) is 6.43. The summed E-state index contributed by atoms with van der Waals surface area (Å²) >= 11 is 5.58. The SMILES string of the molecule is CCNC(=O)Nc1ccc(C(F)(F)C(O)(F)C(F)(F)F)cc1Cl. The Balaban J connectivity index is 3.16. The van der Waals surface area contributed by atoms with E-state index in [1.807, 2.05) is 0 Å². The molecule has 0 bridgehead atoms. The minimum absolute atomic E-state index is 0.188. The second-order valence-corrected chi connectivity index (χ2v) is 4.78. The summed E-state index contributed by atoms with van der Waals surface area (Å²) in [7, 11) is 0. The van der Waals surface area contributed by atoms with E-state index in [0.29, 0.717) is 12.1 Å². The molecule has 11 heteroatoms. The highest BCUT2D eigenvalue weighted by Gasteiger charge is 2.71. The van der Waals surface area contributed by atoms with Crippen molar-refractivity contribution in [3.63, 3.8) is 0 Å². The molecule has 2 amide bonds. The average molecular weight is 365 g/mol. The Morgan fingerprint density at radius 3 is 2.22 bits per heavy atom. The number of nitrogens with one attached hydrogen (secondary N) is 2. The summed E-state index contributed by atoms with van der Waals surface area (Å²) in [5, 5.41) is 12.4. The van der Waals surface area contributed by atoms with Gasteiger partial charge in [-0.3, -0.25) is 0 Å². The number of urea groups is 1. The lowest BCUT2D eigenvalue weighted by Crippen LogP contribution is -2.53. The van der Waals surface area contributed by atoms with E-state index in [4.69, 9.17) is 16.7 Å². The van der Waals surface area contributed by atoms with E-state index < -0.39 is 34.6 Å². The first kappa shape index (κ1) is 19.4. The van der Waals surface area contributed by atoms with Crippen molar-refractivity contribution >= 4 is 23.3 Å². The molecule has 1 atom stereocenters. The fourth-order valence-corrected chi connectivity index (χ4v) is 1.74. The number of rotatable bonds is 4. The van der Waals surface area contributed by atoms with Crippen LogP contribution in [0.2, 0.25) is 5.02 Å². The molecule has 4 nitrogen and oxygen atoms in total. The summed E-state index contributed by atoms with van der Waals surface area (Å²) in [5.74, 6) is -11.1. The number of halogens is 7. The molecule has 0 aliphatic rings. The van der Waals surface area contributed by atoms with Crippen LogP contribution in [0.4, 0.5) is 36.8 Å². The molecule has 0 saturated heterocycles. The molecule has 23 heavy (non-hydrogen) atoms. The van der Waals surface area contributed by atoms with Gasteiger partial charge in [0.05, 0.1) is 10.7 Å². The first-order valence-electron chi connectivity index (χ1n) is 6.05. The minimum atomic E-state index is -6.22. The zero-order valence-electron chi connectivity index (χ0n) is 11.4. The van der Waals surface area contributed by atoms with Crippen LogP contribution in [0, 0.1) is 0 Å². The number of hydrogen-bond acceptors (Lipinski definition) is 2. The number of aliphatic hydroxyl groups is 1. The van der Waals surface area contributed by atoms with E-state index >= 15 is 0 Å². The highest BCUT2D eigenvalue weighted by atomic mass is 35.5. The Morgan fingerprint density at radius 2 is 1.78 bits per heavy atom. The summed E-state index contributed by atoms with van der Waals surface area (Å²) < 4.78 is 77.1. The molecule has 0 aliphatic carbocycles. The monoisotopic (exact) mass is 364 g/mol. The molecule has 0 aromatic heterocycles. The summed E-state index contributed by atoms with van der Waals surface area (Å²) in [6.45, 7) is 1.85. The zero-order chi connectivity index (χ0) is 18.1. The Hall–Kier alpha value is -1.68. The van der Waals surface area contributed by atoms with Crippen molar-refractivity contribution in [2.24, 2.45) is 0 Å². The largest absolute Gasteiger partial charge is 0.455 e. The number of anilines is 1. The van der Waals surface area contributed by atoms with Crippen molar-refractivity contribution in [3.8, 4) is 0 Å². The lowest BCUT2D eigenvalue weighted by atomic mass is 10.0. The number of hydrogen-bond donors (Lipinski definition) is 3. The van der Waals surface area contributed by atoms with Crippen LogP contribution in [0.3, 0.4) is 0 Å². The van der Waals surface area contributed by atoms with Crippen LogP contribution in [0.15, 0.2) is 18.2 Å². The molecule has 0 saturated carbocycles. The van der Waals surface area contributed by atoms with E-state index in [9.17, 15) is 31.1 Å². The molecule has 0 spiro atoms. The molecule has 0 fully saturated rings. The van der Waals surface area contributed by atoms with Crippen LogP contribution in [0.25, 0.3) is 0 Å². The topological polar surface area (TPSA) is 61.4 Å². The van der Waals surface area contributed by atoms with Crippen molar-refractivity contribution in [3.05, 3.63) is 28.8 Å². The van der Waals surface area contributed by atoms with Gasteiger partial charge in [-0.05, 0) is 19.1 Å². The highest BCUT2D eigenvalue weighted by Crippen LogP contribution is 2.49. The van der Waals surface area contributed by atoms with Crippen LogP contribution in [0.5, 0.6) is 0 Å². The second kappa shape index (κ2) is 6.44. The lowest BCUT2D eigenvalue weighted by molar-refractivity contribution is -0.390. The van der Waals surface area contributed by atoms with E-state index in [2.05, 4.69) is 10.6 Å². The van der Waals surface area contributed by atoms with Gasteiger partial charge in [0.1, 0.15) is 0 Å². The third kappa shape index (κ3) is 3.81. The Bertz CT molecular complexity index is 591. The third-order valence-electron chi connectivity index (χ3n) is 2.71. The van der Waals surface area contributed by atoms with Gasteiger partial charge in [0.2, 0.25) is 0 Å². The van der Waals surface area contributed by atoms with E-state index in [0.717, 1.165) is 6.07 Å². The molecule has 1 aromatic rings. The van der Waals surface area contributed by atoms with Gasteiger partial charge < -0.3 is 15.7 Å². The number of carbonyl (C=O) groups is 1. The van der Waals surface area contributed by atoms with Gasteiger partial charge in [0.25, 0.3) is 0 Å². The molecular formula is C12H11ClF6N2O2. The van der Waals surface area contributed by atoms with Crippen molar-refractivity contribution < 1.29 is 36.2 Å². The predicted octanol–water partition coefficient (Wildman–Crippen LogP) is 3.79. The van der Waals surface area contributed by atoms with Crippen molar-refractivity contribution in [2.45, 2.75) is 24.9 Å². The maximum atomic E-state index is 13.6. The summed E-state index contributed by atoms with van der Waals surface area (Å²) in [4.78, 5) is 11.3. The van der Waals surface area contributed by atoms with Gasteiger partial charge in [-0.15, -0.1) is 0 Å². The number of carbonyl (C=O) groups excluding carboxylic acids is 1. The molecule has 3 N–H and O–H groups in total. The van der Waals surface area contributed by atoms with Crippen LogP contribution >= 0.6 is 11.6 Å². The summed E-state index contributed by atoms with van der Waals surface area (Å²) in [6.07, 6.45) is -6.22. The fraction of sp³-hybridized carbons (Fsp3) is 0.417.